The van der Waals surface area contributed by atoms with Crippen LogP contribution in [0.15, 0.2) is 54.6 Å². The molecule has 1 aliphatic rings. The van der Waals surface area contributed by atoms with Gasteiger partial charge in [-0.25, -0.2) is 0 Å². The number of hydrogen-bond acceptors (Lipinski definition) is 2. The van der Waals surface area contributed by atoms with E-state index in [2.05, 4.69) is 79.1 Å². The molecule has 0 bridgehead atoms. The van der Waals surface area contributed by atoms with Crippen molar-refractivity contribution in [2.45, 2.75) is 20.0 Å². The lowest BCUT2D eigenvalue weighted by Crippen LogP contribution is -2.24. The first kappa shape index (κ1) is 12.3. The molecule has 4 rings (SSSR count). The Bertz CT molecular complexity index is 795. The van der Waals surface area contributed by atoms with Crippen LogP contribution in [0, 0.1) is 13.8 Å². The Balaban J connectivity index is 1.83. The summed E-state index contributed by atoms with van der Waals surface area (Å²) in [6, 6.07) is 19.5. The van der Waals surface area contributed by atoms with Crippen LogP contribution in [0.4, 0.5) is 11.4 Å². The van der Waals surface area contributed by atoms with Crippen molar-refractivity contribution in [1.82, 2.24) is 0 Å². The third kappa shape index (κ3) is 1.95. The van der Waals surface area contributed by atoms with Crippen LogP contribution >= 0.6 is 0 Å². The molecule has 1 aliphatic heterocycles. The molecule has 0 aliphatic carbocycles. The van der Waals surface area contributed by atoms with Gasteiger partial charge >= 0.3 is 0 Å². The second-order valence-electron chi connectivity index (χ2n) is 5.79. The number of nitrogens with one attached hydrogen (secondary N) is 2. The summed E-state index contributed by atoms with van der Waals surface area (Å²) in [4.78, 5) is 0. The van der Waals surface area contributed by atoms with E-state index in [1.165, 1.54) is 38.8 Å². The molecule has 2 N–H and O–H groups in total. The van der Waals surface area contributed by atoms with E-state index in [4.69, 9.17) is 0 Å². The quantitative estimate of drug-likeness (QED) is 0.653. The minimum absolute atomic E-state index is 0.117. The zero-order valence-electron chi connectivity index (χ0n) is 12.3. The Morgan fingerprint density at radius 2 is 1.48 bits per heavy atom. The average Bonchev–Trinajstić information content (AvgIpc) is 2.47. The van der Waals surface area contributed by atoms with E-state index in [9.17, 15) is 0 Å². The smallest absolute Gasteiger partial charge is 0.123 e. The third-order valence-electron chi connectivity index (χ3n) is 4.24. The zero-order valence-corrected chi connectivity index (χ0v) is 12.3. The summed E-state index contributed by atoms with van der Waals surface area (Å²) >= 11 is 0. The van der Waals surface area contributed by atoms with E-state index in [0.717, 1.165) is 0 Å². The van der Waals surface area contributed by atoms with Gasteiger partial charge in [0, 0.05) is 16.8 Å². The fourth-order valence-corrected chi connectivity index (χ4v) is 3.23. The van der Waals surface area contributed by atoms with Crippen molar-refractivity contribution >= 4 is 22.1 Å². The molecule has 2 nitrogen and oxygen atoms in total. The van der Waals surface area contributed by atoms with Gasteiger partial charge < -0.3 is 10.6 Å². The molecule has 104 valence electrons. The maximum atomic E-state index is 3.63. The van der Waals surface area contributed by atoms with Crippen molar-refractivity contribution in [2.75, 3.05) is 10.6 Å². The van der Waals surface area contributed by atoms with Crippen LogP contribution in [-0.2, 0) is 0 Å². The molecule has 0 unspecified atom stereocenters. The maximum absolute atomic E-state index is 3.63. The Morgan fingerprint density at radius 1 is 0.810 bits per heavy atom. The van der Waals surface area contributed by atoms with Crippen LogP contribution in [0.25, 0.3) is 10.8 Å². The first-order chi connectivity index (χ1) is 10.2. The second kappa shape index (κ2) is 4.52. The molecule has 3 aromatic rings. The van der Waals surface area contributed by atoms with Crippen molar-refractivity contribution in [3.8, 4) is 0 Å². The highest BCUT2D eigenvalue weighted by molar-refractivity contribution is 6.04. The van der Waals surface area contributed by atoms with Crippen LogP contribution in [0.5, 0.6) is 0 Å². The molecule has 0 aromatic heterocycles. The Morgan fingerprint density at radius 3 is 2.10 bits per heavy atom. The zero-order chi connectivity index (χ0) is 14.4. The van der Waals surface area contributed by atoms with Gasteiger partial charge in [0.05, 0.1) is 0 Å². The van der Waals surface area contributed by atoms with Crippen molar-refractivity contribution in [2.24, 2.45) is 0 Å². The highest BCUT2D eigenvalue weighted by Gasteiger charge is 2.21. The van der Waals surface area contributed by atoms with Crippen molar-refractivity contribution in [3.63, 3.8) is 0 Å². The molecule has 0 fully saturated rings. The summed E-state index contributed by atoms with van der Waals surface area (Å²) in [5.74, 6) is 0. The summed E-state index contributed by atoms with van der Waals surface area (Å²) in [6.45, 7) is 4.31. The largest absolute Gasteiger partial charge is 0.361 e. The molecule has 21 heavy (non-hydrogen) atoms. The lowest BCUT2D eigenvalue weighted by molar-refractivity contribution is 0.885. The molecular formula is C19H18N2. The Labute approximate surface area is 124 Å². The minimum atomic E-state index is 0.117. The standard InChI is InChI=1S/C19H18N2/c1-12-9-10-15(13(2)11-12)19-20-16-7-3-5-14-6-4-8-17(21-19)18(14)16/h3-11,19-21H,1-2H3. The summed E-state index contributed by atoms with van der Waals surface area (Å²) in [6.07, 6.45) is 0.117. The van der Waals surface area contributed by atoms with E-state index >= 15 is 0 Å². The molecule has 2 heteroatoms. The number of hydrogen-bond donors (Lipinski definition) is 2. The van der Waals surface area contributed by atoms with Crippen LogP contribution in [-0.4, -0.2) is 0 Å². The SMILES string of the molecule is Cc1ccc(C2Nc3cccc4cccc(c34)N2)c(C)c1. The number of benzene rings is 3. The lowest BCUT2D eigenvalue weighted by atomic mass is 9.99. The van der Waals surface area contributed by atoms with E-state index in [1.54, 1.807) is 0 Å². The highest BCUT2D eigenvalue weighted by atomic mass is 15.1. The van der Waals surface area contributed by atoms with Gasteiger partial charge in [0.25, 0.3) is 0 Å². The van der Waals surface area contributed by atoms with Crippen molar-refractivity contribution in [3.05, 3.63) is 71.3 Å². The fourth-order valence-electron chi connectivity index (χ4n) is 3.23. The van der Waals surface area contributed by atoms with E-state index in [-0.39, 0.29) is 6.17 Å². The fraction of sp³-hybridized carbons (Fsp3) is 0.158. The number of anilines is 2. The van der Waals surface area contributed by atoms with Crippen LogP contribution in [0.3, 0.4) is 0 Å². The van der Waals surface area contributed by atoms with E-state index in [1.807, 2.05) is 0 Å². The molecule has 0 saturated heterocycles. The third-order valence-corrected chi connectivity index (χ3v) is 4.24. The van der Waals surface area contributed by atoms with Crippen LogP contribution < -0.4 is 10.6 Å². The van der Waals surface area contributed by atoms with Gasteiger partial charge in [-0.1, -0.05) is 48.0 Å². The Hall–Kier alpha value is -2.48. The van der Waals surface area contributed by atoms with Gasteiger partial charge in [0.1, 0.15) is 6.17 Å². The minimum Gasteiger partial charge on any atom is -0.361 e. The highest BCUT2D eigenvalue weighted by Crippen LogP contribution is 2.38. The monoisotopic (exact) mass is 274 g/mol. The summed E-state index contributed by atoms with van der Waals surface area (Å²) in [5.41, 5.74) is 6.31. The molecule has 0 spiro atoms. The van der Waals surface area contributed by atoms with Crippen LogP contribution in [0.1, 0.15) is 22.9 Å². The molecule has 1 heterocycles. The van der Waals surface area contributed by atoms with Gasteiger partial charge in [0.15, 0.2) is 0 Å². The number of rotatable bonds is 1. The van der Waals surface area contributed by atoms with Gasteiger partial charge in [-0.2, -0.15) is 0 Å². The van der Waals surface area contributed by atoms with Gasteiger partial charge in [0.2, 0.25) is 0 Å². The van der Waals surface area contributed by atoms with Gasteiger partial charge in [-0.05, 0) is 42.5 Å². The average molecular weight is 274 g/mol. The molecule has 0 amide bonds. The molecule has 0 atom stereocenters. The summed E-state index contributed by atoms with van der Waals surface area (Å²) < 4.78 is 0. The molecule has 0 radical (unpaired) electrons. The molecule has 0 saturated carbocycles. The van der Waals surface area contributed by atoms with Gasteiger partial charge in [-0.15, -0.1) is 0 Å². The normalized spacial score (nSPS) is 13.8. The predicted molar refractivity (Wildman–Crippen MR) is 89.9 cm³/mol. The predicted octanol–water partition coefficient (Wildman–Crippen LogP) is 4.99. The van der Waals surface area contributed by atoms with Crippen molar-refractivity contribution < 1.29 is 0 Å². The van der Waals surface area contributed by atoms with Gasteiger partial charge in [-0.3, -0.25) is 0 Å². The summed E-state index contributed by atoms with van der Waals surface area (Å²) in [5, 5.41) is 9.80. The maximum Gasteiger partial charge on any atom is 0.123 e. The topological polar surface area (TPSA) is 24.1 Å². The van der Waals surface area contributed by atoms with E-state index < -0.39 is 0 Å². The van der Waals surface area contributed by atoms with Crippen LogP contribution in [0.2, 0.25) is 0 Å². The second-order valence-corrected chi connectivity index (χ2v) is 5.79. The first-order valence-electron chi connectivity index (χ1n) is 7.34. The molecular weight excluding hydrogens is 256 g/mol. The van der Waals surface area contributed by atoms with E-state index in [0.29, 0.717) is 0 Å². The molecule has 3 aromatic carbocycles. The lowest BCUT2D eigenvalue weighted by Gasteiger charge is -2.30. The number of aryl methyl sites for hydroxylation is 2. The Kier molecular flexibility index (Phi) is 2.64. The first-order valence-corrected chi connectivity index (χ1v) is 7.34. The van der Waals surface area contributed by atoms with Crippen molar-refractivity contribution in [1.29, 1.82) is 0 Å². The summed E-state index contributed by atoms with van der Waals surface area (Å²) in [7, 11) is 0.